The van der Waals surface area contributed by atoms with E-state index in [0.717, 1.165) is 5.57 Å². The van der Waals surface area contributed by atoms with Crippen LogP contribution >= 0.6 is 0 Å². The minimum Gasteiger partial charge on any atom is -0.198 e. The van der Waals surface area contributed by atoms with Crippen LogP contribution in [0.4, 0.5) is 0 Å². The third-order valence-electron chi connectivity index (χ3n) is 2.39. The first kappa shape index (κ1) is 13.9. The van der Waals surface area contributed by atoms with Crippen LogP contribution < -0.4 is 0 Å². The fourth-order valence-electron chi connectivity index (χ4n) is 1.54. The average Bonchev–Trinajstić information content (AvgIpc) is 2.03. The van der Waals surface area contributed by atoms with Crippen LogP contribution in [0, 0.1) is 19.8 Å². The molecule has 0 saturated carbocycles. The third kappa shape index (κ3) is 2.97. The Morgan fingerprint density at radius 3 is 1.93 bits per heavy atom. The summed E-state index contributed by atoms with van der Waals surface area (Å²) >= 11 is 0. The summed E-state index contributed by atoms with van der Waals surface area (Å²) in [5.74, 6) is 1.29. The summed E-state index contributed by atoms with van der Waals surface area (Å²) in [4.78, 5) is 0. The van der Waals surface area contributed by atoms with Gasteiger partial charge in [0.05, 0.1) is 0 Å². The summed E-state index contributed by atoms with van der Waals surface area (Å²) in [6, 6.07) is 6.36. The fourth-order valence-corrected chi connectivity index (χ4v) is 1.54. The van der Waals surface area contributed by atoms with Gasteiger partial charge in [0.25, 0.3) is 0 Å². The minimum atomic E-state index is 0. The Morgan fingerprint density at radius 2 is 1.57 bits per heavy atom. The van der Waals surface area contributed by atoms with Crippen LogP contribution in [0.3, 0.4) is 0 Å². The molecule has 0 nitrogen and oxygen atoms in total. The molecular formula is C13H17Y+2. The Labute approximate surface area is 113 Å². The fraction of sp³-hybridized carbons (Fsp3) is 0.308. The number of benzene rings is 1. The molecule has 0 aliphatic carbocycles. The Kier molecular flexibility index (Phi) is 5.70. The minimum absolute atomic E-state index is 0. The van der Waals surface area contributed by atoms with Crippen molar-refractivity contribution in [2.45, 2.75) is 27.7 Å². The third-order valence-corrected chi connectivity index (χ3v) is 2.39. The Bertz CT molecular complexity index is 304. The molecule has 0 atom stereocenters. The second kappa shape index (κ2) is 5.73. The maximum atomic E-state index is 4.11. The molecule has 0 N–H and O–H groups in total. The van der Waals surface area contributed by atoms with Gasteiger partial charge in [-0.1, -0.05) is 57.0 Å². The molecule has 0 spiro atoms. The predicted octanol–water partition coefficient (Wildman–Crippen LogP) is 3.93. The van der Waals surface area contributed by atoms with Crippen molar-refractivity contribution in [3.8, 4) is 0 Å². The molecule has 0 bridgehead atoms. The van der Waals surface area contributed by atoms with Crippen LogP contribution in [0.25, 0.3) is 5.57 Å². The molecule has 1 aromatic rings. The van der Waals surface area contributed by atoms with Crippen molar-refractivity contribution >= 4 is 5.57 Å². The van der Waals surface area contributed by atoms with Gasteiger partial charge >= 0.3 is 32.7 Å². The summed E-state index contributed by atoms with van der Waals surface area (Å²) in [6.45, 7) is 12.6. The molecule has 0 aromatic heterocycles. The molecule has 0 amide bonds. The quantitative estimate of drug-likeness (QED) is 0.708. The molecular weight excluding hydrogens is 245 g/mol. The Hall–Kier alpha value is -0.0661. The largest absolute Gasteiger partial charge is 3.00 e. The number of allylic oxidation sites excluding steroid dienone is 1. The van der Waals surface area contributed by atoms with E-state index in [1.165, 1.54) is 22.6 Å². The first-order valence-corrected chi connectivity index (χ1v) is 4.60. The zero-order valence-electron chi connectivity index (χ0n) is 9.52. The van der Waals surface area contributed by atoms with Gasteiger partial charge in [0.2, 0.25) is 0 Å². The second-order valence-electron chi connectivity index (χ2n) is 3.75. The van der Waals surface area contributed by atoms with Crippen LogP contribution in [-0.2, 0) is 32.7 Å². The predicted molar refractivity (Wildman–Crippen MR) is 59.5 cm³/mol. The summed E-state index contributed by atoms with van der Waals surface area (Å²) in [6.07, 6.45) is 0. The van der Waals surface area contributed by atoms with Crippen molar-refractivity contribution in [1.82, 2.24) is 0 Å². The molecule has 14 heavy (non-hydrogen) atoms. The van der Waals surface area contributed by atoms with E-state index >= 15 is 0 Å². The maximum Gasteiger partial charge on any atom is 3.00 e. The first-order chi connectivity index (χ1) is 6.04. The van der Waals surface area contributed by atoms with Gasteiger partial charge in [0.1, 0.15) is 0 Å². The van der Waals surface area contributed by atoms with Crippen LogP contribution in [-0.4, -0.2) is 0 Å². The van der Waals surface area contributed by atoms with Crippen molar-refractivity contribution in [2.24, 2.45) is 0 Å². The summed E-state index contributed by atoms with van der Waals surface area (Å²) in [5.41, 5.74) is 5.09. The van der Waals surface area contributed by atoms with Crippen molar-refractivity contribution in [2.75, 3.05) is 0 Å². The molecule has 1 aromatic carbocycles. The second-order valence-corrected chi connectivity index (χ2v) is 3.75. The molecule has 0 saturated heterocycles. The summed E-state index contributed by atoms with van der Waals surface area (Å²) in [5, 5.41) is 0. The number of hydrogen-bond donors (Lipinski definition) is 0. The van der Waals surface area contributed by atoms with Crippen LogP contribution in [0.2, 0.25) is 0 Å². The Balaban J connectivity index is 0.00000169. The molecule has 1 rings (SSSR count). The van der Waals surface area contributed by atoms with E-state index < -0.39 is 0 Å². The van der Waals surface area contributed by atoms with Crippen molar-refractivity contribution in [3.05, 3.63) is 47.4 Å². The van der Waals surface area contributed by atoms with Crippen molar-refractivity contribution < 1.29 is 32.7 Å². The van der Waals surface area contributed by atoms with Crippen molar-refractivity contribution in [3.63, 3.8) is 0 Å². The standard InChI is InChI=1S/C13H17.Y/c1-9(2)12(5)13-10(3)7-6-8-11(13)4;/h6-8H,5H2,1-4H3;/q-1;+3. The van der Waals surface area contributed by atoms with E-state index in [1.54, 1.807) is 0 Å². The molecule has 0 unspecified atom stereocenters. The molecule has 0 fully saturated rings. The van der Waals surface area contributed by atoms with Crippen LogP contribution in [0.5, 0.6) is 0 Å². The average molecular weight is 262 g/mol. The van der Waals surface area contributed by atoms with Gasteiger partial charge in [0, 0.05) is 0 Å². The van der Waals surface area contributed by atoms with Gasteiger partial charge < -0.3 is 0 Å². The van der Waals surface area contributed by atoms with E-state index in [4.69, 9.17) is 0 Å². The smallest absolute Gasteiger partial charge is 0.198 e. The molecule has 0 aliphatic rings. The number of rotatable bonds is 2. The maximum absolute atomic E-state index is 4.11. The number of hydrogen-bond acceptors (Lipinski definition) is 0. The molecule has 1 heteroatoms. The van der Waals surface area contributed by atoms with Gasteiger partial charge in [-0.25, -0.2) is 0 Å². The van der Waals surface area contributed by atoms with Gasteiger partial charge in [-0.15, -0.1) is 5.56 Å². The van der Waals surface area contributed by atoms with E-state index in [2.05, 4.69) is 52.5 Å². The van der Waals surface area contributed by atoms with E-state index in [-0.39, 0.29) is 32.7 Å². The molecule has 0 heterocycles. The normalized spacial score (nSPS) is 9.14. The topological polar surface area (TPSA) is 0 Å². The van der Waals surface area contributed by atoms with Gasteiger partial charge in [0.15, 0.2) is 0 Å². The van der Waals surface area contributed by atoms with E-state index in [0.29, 0.717) is 0 Å². The zero-order chi connectivity index (χ0) is 10.0. The van der Waals surface area contributed by atoms with Gasteiger partial charge in [-0.05, 0) is 0 Å². The number of aryl methyl sites for hydroxylation is 2. The SMILES string of the molecule is C=C(c1c(C)cccc1C)[C-](C)C.[Y+3]. The first-order valence-electron chi connectivity index (χ1n) is 4.60. The van der Waals surface area contributed by atoms with Crippen molar-refractivity contribution in [1.29, 1.82) is 0 Å². The summed E-state index contributed by atoms with van der Waals surface area (Å²) < 4.78 is 0. The van der Waals surface area contributed by atoms with E-state index in [9.17, 15) is 0 Å². The summed E-state index contributed by atoms with van der Waals surface area (Å²) in [7, 11) is 0. The molecule has 70 valence electrons. The van der Waals surface area contributed by atoms with Crippen LogP contribution in [0.1, 0.15) is 30.5 Å². The monoisotopic (exact) mass is 262 g/mol. The Morgan fingerprint density at radius 1 is 1.14 bits per heavy atom. The molecule has 0 aliphatic heterocycles. The van der Waals surface area contributed by atoms with Crippen LogP contribution in [0.15, 0.2) is 24.8 Å². The zero-order valence-corrected chi connectivity index (χ0v) is 12.4. The molecule has 0 radical (unpaired) electrons. The van der Waals surface area contributed by atoms with E-state index in [1.807, 2.05) is 0 Å². The van der Waals surface area contributed by atoms with Gasteiger partial charge in [-0.3, -0.25) is 0 Å². The van der Waals surface area contributed by atoms with Gasteiger partial charge in [-0.2, -0.15) is 18.1 Å².